The molecule has 2 atom stereocenters. The fraction of sp³-hybridized carbons (Fsp3) is 0.316. The summed E-state index contributed by atoms with van der Waals surface area (Å²) in [7, 11) is 0. The molecule has 3 rings (SSSR count). The summed E-state index contributed by atoms with van der Waals surface area (Å²) < 4.78 is 29.8. The lowest BCUT2D eigenvalue weighted by molar-refractivity contribution is -0.0505. The Morgan fingerprint density at radius 1 is 1.04 bits per heavy atom. The van der Waals surface area contributed by atoms with Crippen LogP contribution in [0.15, 0.2) is 54.6 Å². The number of carbonyl (C=O) groups is 1. The summed E-state index contributed by atoms with van der Waals surface area (Å²) in [6.45, 7) is 1.10. The largest absolute Gasteiger partial charge is 0.435 e. The van der Waals surface area contributed by atoms with Gasteiger partial charge in [0.25, 0.3) is 0 Å². The Labute approximate surface area is 134 Å². The van der Waals surface area contributed by atoms with Crippen LogP contribution < -0.4 is 4.74 Å². The first kappa shape index (κ1) is 15.7. The van der Waals surface area contributed by atoms with Crippen molar-refractivity contribution in [3.05, 3.63) is 65.7 Å². The van der Waals surface area contributed by atoms with E-state index in [-0.39, 0.29) is 28.8 Å². The Kier molecular flexibility index (Phi) is 3.92. The fourth-order valence-electron chi connectivity index (χ4n) is 3.43. The SMILES string of the molecule is CC1(C)C(C(=O)c2ccccc2)C1c1ccccc1OC(F)F. The maximum Gasteiger partial charge on any atom is 0.387 e. The van der Waals surface area contributed by atoms with Gasteiger partial charge < -0.3 is 4.74 Å². The summed E-state index contributed by atoms with van der Waals surface area (Å²) in [5, 5.41) is 0. The molecule has 120 valence electrons. The van der Waals surface area contributed by atoms with Crippen LogP contribution in [0.5, 0.6) is 5.75 Å². The van der Waals surface area contributed by atoms with Gasteiger partial charge in [0.15, 0.2) is 5.78 Å². The van der Waals surface area contributed by atoms with Gasteiger partial charge in [-0.2, -0.15) is 8.78 Å². The third-order valence-corrected chi connectivity index (χ3v) is 4.64. The third-order valence-electron chi connectivity index (χ3n) is 4.64. The second-order valence-corrected chi connectivity index (χ2v) is 6.42. The van der Waals surface area contributed by atoms with E-state index in [1.807, 2.05) is 32.0 Å². The Morgan fingerprint density at radius 2 is 1.65 bits per heavy atom. The number of alkyl halides is 2. The van der Waals surface area contributed by atoms with Crippen molar-refractivity contribution in [2.24, 2.45) is 11.3 Å². The van der Waals surface area contributed by atoms with E-state index in [0.717, 1.165) is 0 Å². The van der Waals surface area contributed by atoms with Gasteiger partial charge in [-0.25, -0.2) is 0 Å². The molecule has 23 heavy (non-hydrogen) atoms. The van der Waals surface area contributed by atoms with Gasteiger partial charge >= 0.3 is 6.61 Å². The topological polar surface area (TPSA) is 26.3 Å². The van der Waals surface area contributed by atoms with Crippen molar-refractivity contribution >= 4 is 5.78 Å². The van der Waals surface area contributed by atoms with Crippen molar-refractivity contribution in [1.82, 2.24) is 0 Å². The average molecular weight is 316 g/mol. The van der Waals surface area contributed by atoms with Crippen molar-refractivity contribution in [2.75, 3.05) is 0 Å². The second-order valence-electron chi connectivity index (χ2n) is 6.42. The number of carbonyl (C=O) groups excluding carboxylic acids is 1. The zero-order valence-electron chi connectivity index (χ0n) is 13.0. The van der Waals surface area contributed by atoms with Crippen LogP contribution >= 0.6 is 0 Å². The number of benzene rings is 2. The molecule has 1 saturated carbocycles. The highest BCUT2D eigenvalue weighted by molar-refractivity contribution is 6.01. The first-order valence-electron chi connectivity index (χ1n) is 7.56. The van der Waals surface area contributed by atoms with Crippen LogP contribution in [0.1, 0.15) is 35.7 Å². The molecule has 0 spiro atoms. The quantitative estimate of drug-likeness (QED) is 0.733. The van der Waals surface area contributed by atoms with Crippen LogP contribution in [-0.2, 0) is 0 Å². The number of ketones is 1. The van der Waals surface area contributed by atoms with Gasteiger partial charge in [-0.3, -0.25) is 4.79 Å². The molecular formula is C19H18F2O2. The third kappa shape index (κ3) is 2.85. The molecule has 0 bridgehead atoms. The van der Waals surface area contributed by atoms with E-state index in [1.165, 1.54) is 6.07 Å². The number of ether oxygens (including phenoxy) is 1. The van der Waals surface area contributed by atoms with Gasteiger partial charge in [0.2, 0.25) is 0 Å². The van der Waals surface area contributed by atoms with Gasteiger partial charge in [0.1, 0.15) is 5.75 Å². The number of Topliss-reactive ketones (excluding diaryl/α,β-unsaturated/α-hetero) is 1. The lowest BCUT2D eigenvalue weighted by atomic mass is 10.0. The van der Waals surface area contributed by atoms with Crippen molar-refractivity contribution in [1.29, 1.82) is 0 Å². The highest BCUT2D eigenvalue weighted by atomic mass is 19.3. The molecule has 1 aliphatic carbocycles. The highest BCUT2D eigenvalue weighted by Gasteiger charge is 2.62. The average Bonchev–Trinajstić information content (AvgIpc) is 3.09. The molecule has 0 heterocycles. The molecular weight excluding hydrogens is 298 g/mol. The summed E-state index contributed by atoms with van der Waals surface area (Å²) in [5.41, 5.74) is 1.04. The molecule has 2 aromatic carbocycles. The van der Waals surface area contributed by atoms with Crippen LogP contribution in [0.3, 0.4) is 0 Å². The van der Waals surface area contributed by atoms with Crippen LogP contribution in [0.25, 0.3) is 0 Å². The van der Waals surface area contributed by atoms with E-state index in [1.54, 1.807) is 30.3 Å². The Morgan fingerprint density at radius 3 is 2.30 bits per heavy atom. The molecule has 2 nitrogen and oxygen atoms in total. The summed E-state index contributed by atoms with van der Waals surface area (Å²) in [5.74, 6) is -0.145. The van der Waals surface area contributed by atoms with Gasteiger partial charge in [-0.05, 0) is 17.0 Å². The Balaban J connectivity index is 1.91. The lowest BCUT2D eigenvalue weighted by Crippen LogP contribution is -2.06. The second kappa shape index (κ2) is 5.76. The molecule has 0 aromatic heterocycles. The molecule has 0 N–H and O–H groups in total. The summed E-state index contributed by atoms with van der Waals surface area (Å²) in [6, 6.07) is 15.8. The zero-order chi connectivity index (χ0) is 16.6. The Bertz CT molecular complexity index is 710. The predicted molar refractivity (Wildman–Crippen MR) is 83.9 cm³/mol. The zero-order valence-corrected chi connectivity index (χ0v) is 13.0. The molecule has 2 aromatic rings. The minimum absolute atomic E-state index is 0.0486. The van der Waals surface area contributed by atoms with E-state index >= 15 is 0 Å². The maximum absolute atomic E-state index is 12.8. The van der Waals surface area contributed by atoms with Crippen molar-refractivity contribution in [3.8, 4) is 5.75 Å². The summed E-state index contributed by atoms with van der Waals surface area (Å²) >= 11 is 0. The maximum atomic E-state index is 12.8. The van der Waals surface area contributed by atoms with E-state index in [0.29, 0.717) is 11.1 Å². The highest BCUT2D eigenvalue weighted by Crippen LogP contribution is 2.66. The number of para-hydroxylation sites is 1. The van der Waals surface area contributed by atoms with E-state index in [9.17, 15) is 13.6 Å². The Hall–Kier alpha value is -2.23. The lowest BCUT2D eigenvalue weighted by Gasteiger charge is -2.11. The molecule has 2 unspecified atom stereocenters. The molecule has 0 saturated heterocycles. The molecule has 4 heteroatoms. The number of hydrogen-bond acceptors (Lipinski definition) is 2. The van der Waals surface area contributed by atoms with Crippen LogP contribution in [0.2, 0.25) is 0 Å². The van der Waals surface area contributed by atoms with Crippen molar-refractivity contribution in [2.45, 2.75) is 26.4 Å². The van der Waals surface area contributed by atoms with Gasteiger partial charge in [-0.1, -0.05) is 62.4 Å². The van der Waals surface area contributed by atoms with Crippen molar-refractivity contribution < 1.29 is 18.3 Å². The number of rotatable bonds is 5. The minimum atomic E-state index is -2.87. The van der Waals surface area contributed by atoms with Crippen LogP contribution in [0.4, 0.5) is 8.78 Å². The fourth-order valence-corrected chi connectivity index (χ4v) is 3.43. The van der Waals surface area contributed by atoms with Crippen molar-refractivity contribution in [3.63, 3.8) is 0 Å². The van der Waals surface area contributed by atoms with E-state index in [4.69, 9.17) is 0 Å². The smallest absolute Gasteiger partial charge is 0.387 e. The molecule has 0 aliphatic heterocycles. The minimum Gasteiger partial charge on any atom is -0.435 e. The van der Waals surface area contributed by atoms with E-state index in [2.05, 4.69) is 4.74 Å². The molecule has 1 fully saturated rings. The predicted octanol–water partition coefficient (Wildman–Crippen LogP) is 4.91. The first-order chi connectivity index (χ1) is 10.9. The summed E-state index contributed by atoms with van der Waals surface area (Å²) in [6.07, 6.45) is 0. The van der Waals surface area contributed by atoms with Crippen LogP contribution in [0, 0.1) is 11.3 Å². The number of hydrogen-bond donors (Lipinski definition) is 0. The van der Waals surface area contributed by atoms with E-state index < -0.39 is 6.61 Å². The summed E-state index contributed by atoms with van der Waals surface area (Å²) in [4.78, 5) is 12.8. The van der Waals surface area contributed by atoms with Gasteiger partial charge in [0, 0.05) is 17.4 Å². The monoisotopic (exact) mass is 316 g/mol. The normalized spacial score (nSPS) is 22.0. The van der Waals surface area contributed by atoms with Gasteiger partial charge in [0.05, 0.1) is 0 Å². The molecule has 1 aliphatic rings. The first-order valence-corrected chi connectivity index (χ1v) is 7.56. The standard InChI is InChI=1S/C19H18F2O2/c1-19(2)15(13-10-6-7-11-14(13)23-18(20)21)16(19)17(22)12-8-4-3-5-9-12/h3-11,15-16,18H,1-2H3. The molecule has 0 radical (unpaired) electrons. The van der Waals surface area contributed by atoms with Crippen LogP contribution in [-0.4, -0.2) is 12.4 Å². The van der Waals surface area contributed by atoms with Gasteiger partial charge in [-0.15, -0.1) is 0 Å². The molecule has 0 amide bonds. The number of halogens is 2.